The van der Waals surface area contributed by atoms with Crippen molar-refractivity contribution in [2.45, 2.75) is 51.2 Å². The number of hydrogen-bond acceptors (Lipinski definition) is 2. The Kier molecular flexibility index (Phi) is 5.10. The first kappa shape index (κ1) is 20.1. The number of H-pyrrole nitrogens is 1. The molecule has 2 amide bonds. The van der Waals surface area contributed by atoms with Crippen LogP contribution in [0.4, 0.5) is 4.39 Å². The predicted molar refractivity (Wildman–Crippen MR) is 114 cm³/mol. The highest BCUT2D eigenvalue weighted by molar-refractivity contribution is 5.98. The average Bonchev–Trinajstić information content (AvgIpc) is 3.22. The van der Waals surface area contributed by atoms with Crippen molar-refractivity contribution in [2.24, 2.45) is 0 Å². The normalized spacial score (nSPS) is 19.5. The van der Waals surface area contributed by atoms with Gasteiger partial charge < -0.3 is 15.2 Å². The summed E-state index contributed by atoms with van der Waals surface area (Å²) in [5.41, 5.74) is 2.07. The second-order valence-corrected chi connectivity index (χ2v) is 8.93. The quantitative estimate of drug-likeness (QED) is 0.684. The van der Waals surface area contributed by atoms with Crippen LogP contribution < -0.4 is 5.32 Å². The molecule has 2 atom stereocenters. The van der Waals surface area contributed by atoms with Gasteiger partial charge in [-0.3, -0.25) is 9.59 Å². The fourth-order valence-electron chi connectivity index (χ4n) is 4.14. The molecule has 5 nitrogen and oxygen atoms in total. The molecule has 0 spiro atoms. The third-order valence-electron chi connectivity index (χ3n) is 5.46. The number of carbonyl (C=O) groups is 2. The molecule has 6 heteroatoms. The highest BCUT2D eigenvalue weighted by atomic mass is 19.1. The van der Waals surface area contributed by atoms with Crippen molar-refractivity contribution in [3.05, 3.63) is 71.7 Å². The number of hydrogen-bond donors (Lipinski definition) is 2. The Morgan fingerprint density at radius 2 is 1.93 bits per heavy atom. The van der Waals surface area contributed by atoms with Crippen LogP contribution in [-0.2, 0) is 16.1 Å². The van der Waals surface area contributed by atoms with Gasteiger partial charge in [-0.1, -0.05) is 30.3 Å². The molecule has 2 aromatic carbocycles. The molecule has 0 unspecified atom stereocenters. The van der Waals surface area contributed by atoms with Crippen LogP contribution in [-0.4, -0.2) is 33.3 Å². The summed E-state index contributed by atoms with van der Waals surface area (Å²) in [5.74, 6) is -1.13. The Morgan fingerprint density at radius 3 is 2.63 bits per heavy atom. The first-order valence-corrected chi connectivity index (χ1v) is 10.2. The van der Waals surface area contributed by atoms with Crippen LogP contribution in [0.3, 0.4) is 0 Å². The summed E-state index contributed by atoms with van der Waals surface area (Å²) in [7, 11) is 0. The maximum atomic E-state index is 13.9. The average molecular weight is 407 g/mol. The van der Waals surface area contributed by atoms with E-state index in [1.165, 1.54) is 12.1 Å². The number of carbonyl (C=O) groups excluding carboxylic acids is 2. The maximum Gasteiger partial charge on any atom is 0.243 e. The third kappa shape index (κ3) is 3.95. The SMILES string of the molecule is CC(C)(C)NC(=O)[C@@H]1C[C@H](c2c[nH]c3ccc(F)cc23)C(=O)N1Cc1ccccc1. The summed E-state index contributed by atoms with van der Waals surface area (Å²) in [5, 5.41) is 3.69. The van der Waals surface area contributed by atoms with Crippen molar-refractivity contribution in [1.82, 2.24) is 15.2 Å². The van der Waals surface area contributed by atoms with E-state index >= 15 is 0 Å². The van der Waals surface area contributed by atoms with Crippen molar-refractivity contribution in [3.63, 3.8) is 0 Å². The molecule has 2 N–H and O–H groups in total. The van der Waals surface area contributed by atoms with Crippen LogP contribution in [0.1, 0.15) is 44.2 Å². The molecule has 30 heavy (non-hydrogen) atoms. The molecule has 156 valence electrons. The summed E-state index contributed by atoms with van der Waals surface area (Å²) in [6.07, 6.45) is 2.12. The second kappa shape index (κ2) is 7.59. The molecule has 0 radical (unpaired) electrons. The Hall–Kier alpha value is -3.15. The first-order valence-electron chi connectivity index (χ1n) is 10.2. The fourth-order valence-corrected chi connectivity index (χ4v) is 4.14. The van der Waals surface area contributed by atoms with Crippen molar-refractivity contribution < 1.29 is 14.0 Å². The number of halogens is 1. The van der Waals surface area contributed by atoms with E-state index in [-0.39, 0.29) is 17.6 Å². The standard InChI is InChI=1S/C24H26FN3O2/c1-24(2,3)27-22(29)21-12-18(19-13-26-20-10-9-16(25)11-17(19)20)23(30)28(21)14-15-7-5-4-6-8-15/h4-11,13,18,21,26H,12,14H2,1-3H3,(H,27,29)/t18-,21+/m1/s1. The molecule has 1 aliphatic heterocycles. The number of rotatable bonds is 4. The van der Waals surface area contributed by atoms with E-state index in [9.17, 15) is 14.0 Å². The zero-order valence-corrected chi connectivity index (χ0v) is 17.4. The van der Waals surface area contributed by atoms with Gasteiger partial charge in [-0.25, -0.2) is 4.39 Å². The minimum Gasteiger partial charge on any atom is -0.361 e. The number of nitrogens with one attached hydrogen (secondary N) is 2. The Labute approximate surface area is 175 Å². The number of likely N-dealkylation sites (tertiary alicyclic amines) is 1. The third-order valence-corrected chi connectivity index (χ3v) is 5.46. The van der Waals surface area contributed by atoms with E-state index < -0.39 is 17.5 Å². The van der Waals surface area contributed by atoms with Gasteiger partial charge in [0.15, 0.2) is 0 Å². The van der Waals surface area contributed by atoms with E-state index in [1.807, 2.05) is 51.1 Å². The molecule has 0 saturated carbocycles. The lowest BCUT2D eigenvalue weighted by Gasteiger charge is -2.28. The Morgan fingerprint density at radius 1 is 1.20 bits per heavy atom. The maximum absolute atomic E-state index is 13.9. The lowest BCUT2D eigenvalue weighted by Crippen LogP contribution is -2.50. The summed E-state index contributed by atoms with van der Waals surface area (Å²) < 4.78 is 13.9. The van der Waals surface area contributed by atoms with Crippen LogP contribution in [0.15, 0.2) is 54.7 Å². The molecule has 3 aromatic rings. The molecular weight excluding hydrogens is 381 g/mol. The number of aromatic nitrogens is 1. The van der Waals surface area contributed by atoms with Gasteiger partial charge in [0.05, 0.1) is 5.92 Å². The van der Waals surface area contributed by atoms with Gasteiger partial charge >= 0.3 is 0 Å². The molecule has 1 aromatic heterocycles. The number of aromatic amines is 1. The van der Waals surface area contributed by atoms with Crippen molar-refractivity contribution >= 4 is 22.7 Å². The van der Waals surface area contributed by atoms with Gasteiger partial charge in [0.25, 0.3) is 0 Å². The van der Waals surface area contributed by atoms with Crippen LogP contribution in [0.25, 0.3) is 10.9 Å². The highest BCUT2D eigenvalue weighted by Gasteiger charge is 2.45. The molecular formula is C24H26FN3O2. The molecule has 0 bridgehead atoms. The van der Waals surface area contributed by atoms with Crippen molar-refractivity contribution in [1.29, 1.82) is 0 Å². The largest absolute Gasteiger partial charge is 0.361 e. The van der Waals surface area contributed by atoms with E-state index in [1.54, 1.807) is 17.2 Å². The summed E-state index contributed by atoms with van der Waals surface area (Å²) in [6, 6.07) is 13.6. The number of amides is 2. The number of fused-ring (bicyclic) bond motifs is 1. The predicted octanol–water partition coefficient (Wildman–Crippen LogP) is 4.11. The van der Waals surface area contributed by atoms with Crippen LogP contribution in [0.2, 0.25) is 0 Å². The molecule has 4 rings (SSSR count). The molecule has 1 aliphatic rings. The Bertz CT molecular complexity index is 1080. The fraction of sp³-hybridized carbons (Fsp3) is 0.333. The second-order valence-electron chi connectivity index (χ2n) is 8.93. The molecule has 1 saturated heterocycles. The minimum atomic E-state index is -0.583. The topological polar surface area (TPSA) is 65.2 Å². The summed E-state index contributed by atoms with van der Waals surface area (Å²) >= 11 is 0. The van der Waals surface area contributed by atoms with E-state index in [0.717, 1.165) is 16.6 Å². The van der Waals surface area contributed by atoms with Gasteiger partial charge in [0.1, 0.15) is 11.9 Å². The molecule has 0 aliphatic carbocycles. The number of nitrogens with zero attached hydrogens (tertiary/aromatic N) is 1. The summed E-state index contributed by atoms with van der Waals surface area (Å²) in [4.78, 5) is 31.3. The van der Waals surface area contributed by atoms with Gasteiger partial charge in [-0.05, 0) is 56.5 Å². The molecule has 2 heterocycles. The highest BCUT2D eigenvalue weighted by Crippen LogP contribution is 2.38. The summed E-state index contributed by atoms with van der Waals surface area (Å²) in [6.45, 7) is 6.12. The lowest BCUT2D eigenvalue weighted by molar-refractivity contribution is -0.137. The van der Waals surface area contributed by atoms with E-state index in [0.29, 0.717) is 18.4 Å². The van der Waals surface area contributed by atoms with Gasteiger partial charge in [0, 0.05) is 29.2 Å². The monoisotopic (exact) mass is 407 g/mol. The van der Waals surface area contributed by atoms with Crippen LogP contribution in [0.5, 0.6) is 0 Å². The number of benzene rings is 2. The smallest absolute Gasteiger partial charge is 0.243 e. The zero-order valence-electron chi connectivity index (χ0n) is 17.4. The lowest BCUT2D eigenvalue weighted by atomic mass is 9.94. The van der Waals surface area contributed by atoms with E-state index in [2.05, 4.69) is 10.3 Å². The van der Waals surface area contributed by atoms with Gasteiger partial charge in [0.2, 0.25) is 11.8 Å². The minimum absolute atomic E-state index is 0.113. The van der Waals surface area contributed by atoms with Crippen molar-refractivity contribution in [3.8, 4) is 0 Å². The van der Waals surface area contributed by atoms with Crippen LogP contribution >= 0.6 is 0 Å². The van der Waals surface area contributed by atoms with Crippen LogP contribution in [0, 0.1) is 5.82 Å². The van der Waals surface area contributed by atoms with Gasteiger partial charge in [-0.2, -0.15) is 0 Å². The molecule has 1 fully saturated rings. The first-order chi connectivity index (χ1) is 14.2. The Balaban J connectivity index is 1.70. The zero-order chi connectivity index (χ0) is 21.5. The van der Waals surface area contributed by atoms with Gasteiger partial charge in [-0.15, -0.1) is 0 Å². The van der Waals surface area contributed by atoms with Crippen molar-refractivity contribution in [2.75, 3.05) is 0 Å². The van der Waals surface area contributed by atoms with E-state index in [4.69, 9.17) is 0 Å².